The Labute approximate surface area is 95.7 Å². The molecule has 2 amide bonds. The first kappa shape index (κ1) is 14.2. The van der Waals surface area contributed by atoms with Gasteiger partial charge >= 0.3 is 0 Å². The maximum absolute atomic E-state index is 11.1. The van der Waals surface area contributed by atoms with Gasteiger partial charge in [0.05, 0.1) is 0 Å². The second-order valence-corrected chi connectivity index (χ2v) is 3.97. The van der Waals surface area contributed by atoms with Gasteiger partial charge in [0.1, 0.15) is 0 Å². The van der Waals surface area contributed by atoms with Gasteiger partial charge in [-0.1, -0.05) is 13.8 Å². The summed E-state index contributed by atoms with van der Waals surface area (Å²) in [5.41, 5.74) is 0. The molecule has 0 saturated heterocycles. The molecule has 0 bridgehead atoms. The van der Waals surface area contributed by atoms with E-state index < -0.39 is 0 Å². The van der Waals surface area contributed by atoms with E-state index in [1.807, 2.05) is 13.8 Å². The van der Waals surface area contributed by atoms with Crippen LogP contribution in [0.2, 0.25) is 0 Å². The van der Waals surface area contributed by atoms with Crippen molar-refractivity contribution in [3.8, 4) is 0 Å². The Morgan fingerprint density at radius 1 is 1.20 bits per heavy atom. The van der Waals surface area contributed by atoms with Crippen molar-refractivity contribution in [2.24, 2.45) is 5.92 Å². The summed E-state index contributed by atoms with van der Waals surface area (Å²) < 4.78 is 0. The highest BCUT2D eigenvalue weighted by molar-refractivity contribution is 6.17. The quantitative estimate of drug-likeness (QED) is 0.508. The molecule has 0 unspecified atom stereocenters. The van der Waals surface area contributed by atoms with Crippen molar-refractivity contribution in [3.63, 3.8) is 0 Å². The average molecular weight is 235 g/mol. The van der Waals surface area contributed by atoms with E-state index in [4.69, 9.17) is 11.6 Å². The van der Waals surface area contributed by atoms with Gasteiger partial charge in [-0.05, 0) is 6.42 Å². The molecule has 0 rings (SSSR count). The van der Waals surface area contributed by atoms with Crippen LogP contribution in [0.4, 0.5) is 0 Å². The maximum Gasteiger partial charge on any atom is 0.222 e. The molecule has 15 heavy (non-hydrogen) atoms. The number of carbonyl (C=O) groups excluding carboxylic acids is 2. The van der Waals surface area contributed by atoms with Gasteiger partial charge in [-0.15, -0.1) is 11.6 Å². The summed E-state index contributed by atoms with van der Waals surface area (Å²) in [4.78, 5) is 22.2. The Kier molecular flexibility index (Phi) is 8.09. The third-order valence-electron chi connectivity index (χ3n) is 1.81. The van der Waals surface area contributed by atoms with E-state index in [-0.39, 0.29) is 17.7 Å². The topological polar surface area (TPSA) is 58.2 Å². The van der Waals surface area contributed by atoms with Gasteiger partial charge < -0.3 is 10.6 Å². The summed E-state index contributed by atoms with van der Waals surface area (Å²) >= 11 is 5.45. The van der Waals surface area contributed by atoms with Crippen LogP contribution in [0.3, 0.4) is 0 Å². The molecule has 0 aliphatic rings. The molecule has 5 heteroatoms. The lowest BCUT2D eigenvalue weighted by Gasteiger charge is -2.08. The number of amides is 2. The molecule has 0 aromatic carbocycles. The molecule has 4 nitrogen and oxygen atoms in total. The van der Waals surface area contributed by atoms with Crippen molar-refractivity contribution < 1.29 is 9.59 Å². The van der Waals surface area contributed by atoms with Gasteiger partial charge in [0.2, 0.25) is 11.8 Å². The molecule has 0 heterocycles. The van der Waals surface area contributed by atoms with Gasteiger partial charge in [0.15, 0.2) is 0 Å². The summed E-state index contributed by atoms with van der Waals surface area (Å²) in [6, 6.07) is 0. The van der Waals surface area contributed by atoms with E-state index in [2.05, 4.69) is 10.6 Å². The zero-order chi connectivity index (χ0) is 11.7. The largest absolute Gasteiger partial charge is 0.354 e. The maximum atomic E-state index is 11.1. The first-order valence-electron chi connectivity index (χ1n) is 5.18. The molecule has 0 atom stereocenters. The third-order valence-corrected chi connectivity index (χ3v) is 2.08. The van der Waals surface area contributed by atoms with E-state index in [1.165, 1.54) is 0 Å². The Morgan fingerprint density at radius 2 is 1.80 bits per heavy atom. The Bertz CT molecular complexity index is 208. The van der Waals surface area contributed by atoms with Gasteiger partial charge in [-0.2, -0.15) is 0 Å². The lowest BCUT2D eigenvalue weighted by molar-refractivity contribution is -0.124. The van der Waals surface area contributed by atoms with Gasteiger partial charge in [-0.25, -0.2) is 0 Å². The SMILES string of the molecule is CC(C)C(=O)NCCNC(=O)CCCCl. The van der Waals surface area contributed by atoms with E-state index in [0.29, 0.717) is 31.8 Å². The molecule has 88 valence electrons. The highest BCUT2D eigenvalue weighted by Crippen LogP contribution is 1.91. The van der Waals surface area contributed by atoms with E-state index in [1.54, 1.807) is 0 Å². The van der Waals surface area contributed by atoms with Crippen molar-refractivity contribution in [2.45, 2.75) is 26.7 Å². The van der Waals surface area contributed by atoms with E-state index in [0.717, 1.165) is 0 Å². The van der Waals surface area contributed by atoms with Crippen LogP contribution < -0.4 is 10.6 Å². The Hall–Kier alpha value is -0.770. The molecule has 0 radical (unpaired) electrons. The second kappa shape index (κ2) is 8.53. The van der Waals surface area contributed by atoms with Crippen LogP contribution in [-0.2, 0) is 9.59 Å². The molecule has 0 aromatic heterocycles. The fourth-order valence-electron chi connectivity index (χ4n) is 0.908. The predicted octanol–water partition coefficient (Wildman–Crippen LogP) is 0.894. The van der Waals surface area contributed by atoms with Crippen LogP contribution in [0.15, 0.2) is 0 Å². The Balaban J connectivity index is 3.38. The normalized spacial score (nSPS) is 10.1. The van der Waals surface area contributed by atoms with Crippen molar-refractivity contribution in [2.75, 3.05) is 19.0 Å². The number of rotatable bonds is 7. The molecule has 0 saturated carbocycles. The zero-order valence-electron chi connectivity index (χ0n) is 9.31. The summed E-state index contributed by atoms with van der Waals surface area (Å²) in [5.74, 6) is 0.466. The van der Waals surface area contributed by atoms with Crippen molar-refractivity contribution in [1.82, 2.24) is 10.6 Å². The smallest absolute Gasteiger partial charge is 0.222 e. The van der Waals surface area contributed by atoms with E-state index >= 15 is 0 Å². The number of carbonyl (C=O) groups is 2. The van der Waals surface area contributed by atoms with Crippen LogP contribution in [0, 0.1) is 5.92 Å². The summed E-state index contributed by atoms with van der Waals surface area (Å²) in [6.07, 6.45) is 1.13. The molecule has 0 spiro atoms. The van der Waals surface area contributed by atoms with Crippen molar-refractivity contribution >= 4 is 23.4 Å². The monoisotopic (exact) mass is 234 g/mol. The number of hydrogen-bond donors (Lipinski definition) is 2. The molecule has 0 aliphatic carbocycles. The van der Waals surface area contributed by atoms with Crippen LogP contribution in [0.1, 0.15) is 26.7 Å². The Morgan fingerprint density at radius 3 is 2.33 bits per heavy atom. The second-order valence-electron chi connectivity index (χ2n) is 3.59. The summed E-state index contributed by atoms with van der Waals surface area (Å²) in [5, 5.41) is 5.41. The van der Waals surface area contributed by atoms with Crippen molar-refractivity contribution in [3.05, 3.63) is 0 Å². The minimum atomic E-state index is -0.0190. The molecule has 0 aliphatic heterocycles. The molecule has 2 N–H and O–H groups in total. The van der Waals surface area contributed by atoms with Crippen LogP contribution >= 0.6 is 11.6 Å². The first-order chi connectivity index (χ1) is 7.07. The molecular formula is C10H19ClN2O2. The fraction of sp³-hybridized carbons (Fsp3) is 0.800. The highest BCUT2D eigenvalue weighted by atomic mass is 35.5. The van der Waals surface area contributed by atoms with Crippen LogP contribution in [-0.4, -0.2) is 30.8 Å². The van der Waals surface area contributed by atoms with Gasteiger partial charge in [-0.3, -0.25) is 9.59 Å². The third kappa shape index (κ3) is 8.24. The fourth-order valence-corrected chi connectivity index (χ4v) is 1.04. The predicted molar refractivity (Wildman–Crippen MR) is 60.8 cm³/mol. The number of alkyl halides is 1. The molecule has 0 aromatic rings. The number of halogens is 1. The first-order valence-corrected chi connectivity index (χ1v) is 5.71. The van der Waals surface area contributed by atoms with Gasteiger partial charge in [0.25, 0.3) is 0 Å². The van der Waals surface area contributed by atoms with Gasteiger partial charge in [0, 0.05) is 31.3 Å². The van der Waals surface area contributed by atoms with Crippen LogP contribution in [0.25, 0.3) is 0 Å². The van der Waals surface area contributed by atoms with E-state index in [9.17, 15) is 9.59 Å². The molecule has 0 fully saturated rings. The standard InChI is InChI=1S/C10H19ClN2O2/c1-8(2)10(15)13-7-6-12-9(14)4-3-5-11/h8H,3-7H2,1-2H3,(H,12,14)(H,13,15). The minimum Gasteiger partial charge on any atom is -0.354 e. The summed E-state index contributed by atoms with van der Waals surface area (Å²) in [7, 11) is 0. The summed E-state index contributed by atoms with van der Waals surface area (Å²) in [6.45, 7) is 4.60. The molecular weight excluding hydrogens is 216 g/mol. The highest BCUT2D eigenvalue weighted by Gasteiger charge is 2.05. The number of hydrogen-bond acceptors (Lipinski definition) is 2. The average Bonchev–Trinajstić information content (AvgIpc) is 2.20. The number of nitrogens with one attached hydrogen (secondary N) is 2. The van der Waals surface area contributed by atoms with Crippen molar-refractivity contribution in [1.29, 1.82) is 0 Å². The zero-order valence-corrected chi connectivity index (χ0v) is 10.1. The lowest BCUT2D eigenvalue weighted by atomic mass is 10.2. The lowest BCUT2D eigenvalue weighted by Crippen LogP contribution is -2.36. The minimum absolute atomic E-state index is 0.00464. The van der Waals surface area contributed by atoms with Crippen LogP contribution in [0.5, 0.6) is 0 Å².